The summed E-state index contributed by atoms with van der Waals surface area (Å²) in [6.07, 6.45) is 1.34. The number of benzene rings is 2. The van der Waals surface area contributed by atoms with Crippen LogP contribution in [-0.4, -0.2) is 45.8 Å². The van der Waals surface area contributed by atoms with Gasteiger partial charge in [-0.05, 0) is 29.7 Å². The summed E-state index contributed by atoms with van der Waals surface area (Å²) in [5.41, 5.74) is 2.35. The molecule has 0 unspecified atom stereocenters. The molecule has 28 heavy (non-hydrogen) atoms. The lowest BCUT2D eigenvalue weighted by Gasteiger charge is -2.23. The Morgan fingerprint density at radius 1 is 1.04 bits per heavy atom. The Morgan fingerprint density at radius 2 is 1.79 bits per heavy atom. The summed E-state index contributed by atoms with van der Waals surface area (Å²) in [6.45, 7) is 1.73. The molecule has 6 nitrogen and oxygen atoms in total. The number of carboxylic acid groups (broad SMARTS) is 1. The van der Waals surface area contributed by atoms with Crippen LogP contribution in [0.1, 0.15) is 40.7 Å². The largest absolute Gasteiger partial charge is 0.481 e. The molecule has 0 aromatic heterocycles. The highest BCUT2D eigenvalue weighted by Gasteiger charge is 2.21. The van der Waals surface area contributed by atoms with Crippen LogP contribution in [0, 0.1) is 0 Å². The molecule has 3 rings (SSSR count). The van der Waals surface area contributed by atoms with Crippen molar-refractivity contribution in [1.29, 1.82) is 0 Å². The van der Waals surface area contributed by atoms with E-state index in [4.69, 9.17) is 5.11 Å². The maximum Gasteiger partial charge on any atom is 0.305 e. The molecule has 1 saturated heterocycles. The van der Waals surface area contributed by atoms with E-state index in [0.29, 0.717) is 25.1 Å². The van der Waals surface area contributed by atoms with Gasteiger partial charge in [0, 0.05) is 38.2 Å². The van der Waals surface area contributed by atoms with Gasteiger partial charge in [0.2, 0.25) is 5.91 Å². The minimum Gasteiger partial charge on any atom is -0.481 e. The average Bonchev–Trinajstić information content (AvgIpc) is 3.10. The summed E-state index contributed by atoms with van der Waals surface area (Å²) < 4.78 is 0. The number of carbonyl (C=O) groups excluding carboxylic acids is 2. The van der Waals surface area contributed by atoms with Crippen LogP contribution in [0.25, 0.3) is 0 Å². The lowest BCUT2D eigenvalue weighted by atomic mass is 10.1. The van der Waals surface area contributed by atoms with Crippen molar-refractivity contribution in [2.75, 3.05) is 13.1 Å². The van der Waals surface area contributed by atoms with Crippen molar-refractivity contribution in [3.63, 3.8) is 0 Å². The van der Waals surface area contributed by atoms with Crippen molar-refractivity contribution in [3.8, 4) is 0 Å². The molecule has 2 aromatic rings. The van der Waals surface area contributed by atoms with Crippen LogP contribution in [0.3, 0.4) is 0 Å². The smallest absolute Gasteiger partial charge is 0.305 e. The zero-order valence-corrected chi connectivity index (χ0v) is 15.7. The van der Waals surface area contributed by atoms with E-state index in [-0.39, 0.29) is 24.8 Å². The molecule has 1 N–H and O–H groups in total. The normalized spacial score (nSPS) is 13.6. The van der Waals surface area contributed by atoms with Crippen LogP contribution in [0.5, 0.6) is 0 Å². The number of nitrogens with zero attached hydrogens (tertiary/aromatic N) is 2. The minimum atomic E-state index is -0.938. The second-order valence-electron chi connectivity index (χ2n) is 6.98. The minimum absolute atomic E-state index is 0.111. The molecule has 146 valence electrons. The Balaban J connectivity index is 1.76. The number of carbonyl (C=O) groups is 3. The number of aliphatic carboxylic acids is 1. The highest BCUT2D eigenvalue weighted by atomic mass is 16.4. The molecule has 0 aliphatic carbocycles. The van der Waals surface area contributed by atoms with Gasteiger partial charge in [-0.3, -0.25) is 14.4 Å². The molecule has 1 aliphatic heterocycles. The Hall–Kier alpha value is -3.15. The number of hydrogen-bond acceptors (Lipinski definition) is 3. The fourth-order valence-electron chi connectivity index (χ4n) is 3.36. The van der Waals surface area contributed by atoms with Crippen molar-refractivity contribution in [1.82, 2.24) is 9.80 Å². The summed E-state index contributed by atoms with van der Waals surface area (Å²) in [7, 11) is 0. The number of rotatable bonds is 8. The van der Waals surface area contributed by atoms with E-state index in [1.807, 2.05) is 36.4 Å². The first kappa shape index (κ1) is 19.6. The highest BCUT2D eigenvalue weighted by Crippen LogP contribution is 2.17. The van der Waals surface area contributed by atoms with Crippen molar-refractivity contribution < 1.29 is 19.5 Å². The Bertz CT molecular complexity index is 851. The van der Waals surface area contributed by atoms with E-state index in [9.17, 15) is 14.4 Å². The number of amides is 2. The van der Waals surface area contributed by atoms with E-state index in [1.54, 1.807) is 28.0 Å². The molecule has 0 radical (unpaired) electrons. The van der Waals surface area contributed by atoms with Gasteiger partial charge in [-0.25, -0.2) is 0 Å². The van der Waals surface area contributed by atoms with Crippen molar-refractivity contribution in [3.05, 3.63) is 71.3 Å². The first-order chi connectivity index (χ1) is 13.5. The van der Waals surface area contributed by atoms with Crippen LogP contribution in [0.15, 0.2) is 54.6 Å². The van der Waals surface area contributed by atoms with E-state index < -0.39 is 5.97 Å². The topological polar surface area (TPSA) is 77.9 Å². The Labute approximate surface area is 164 Å². The summed E-state index contributed by atoms with van der Waals surface area (Å²) in [5, 5.41) is 9.03. The SMILES string of the molecule is O=C(O)CCN(Cc1ccccc1)C(=O)c1cccc(CN2CCCC2=O)c1. The third-order valence-corrected chi connectivity index (χ3v) is 4.82. The van der Waals surface area contributed by atoms with Gasteiger partial charge < -0.3 is 14.9 Å². The number of hydrogen-bond donors (Lipinski definition) is 1. The second kappa shape index (κ2) is 9.17. The molecule has 2 amide bonds. The molecule has 1 aliphatic rings. The standard InChI is InChI=1S/C22H24N2O4/c25-20-10-5-12-23(20)16-18-8-4-9-19(14-18)22(28)24(13-11-21(26)27)15-17-6-2-1-3-7-17/h1-4,6-9,14H,5,10-13,15-16H2,(H,26,27). The average molecular weight is 380 g/mol. The molecular weight excluding hydrogens is 356 g/mol. The van der Waals surface area contributed by atoms with Gasteiger partial charge in [0.1, 0.15) is 0 Å². The maximum absolute atomic E-state index is 13.1. The van der Waals surface area contributed by atoms with Crippen LogP contribution in [0.2, 0.25) is 0 Å². The van der Waals surface area contributed by atoms with Crippen molar-refractivity contribution in [2.24, 2.45) is 0 Å². The Morgan fingerprint density at radius 3 is 2.46 bits per heavy atom. The molecular formula is C22H24N2O4. The number of carboxylic acids is 1. The van der Waals surface area contributed by atoms with Crippen molar-refractivity contribution >= 4 is 17.8 Å². The summed E-state index contributed by atoms with van der Waals surface area (Å²) >= 11 is 0. The first-order valence-electron chi connectivity index (χ1n) is 9.44. The molecule has 2 aromatic carbocycles. The number of likely N-dealkylation sites (tertiary alicyclic amines) is 1. The molecule has 0 bridgehead atoms. The maximum atomic E-state index is 13.1. The van der Waals surface area contributed by atoms with Crippen LogP contribution in [0.4, 0.5) is 0 Å². The van der Waals surface area contributed by atoms with Gasteiger partial charge in [0.15, 0.2) is 0 Å². The molecule has 1 heterocycles. The summed E-state index contributed by atoms with van der Waals surface area (Å²) in [4.78, 5) is 39.3. The van der Waals surface area contributed by atoms with Crippen LogP contribution in [-0.2, 0) is 22.7 Å². The van der Waals surface area contributed by atoms with Gasteiger partial charge in [-0.2, -0.15) is 0 Å². The zero-order chi connectivity index (χ0) is 19.9. The molecule has 0 saturated carbocycles. The fraction of sp³-hybridized carbons (Fsp3) is 0.318. The van der Waals surface area contributed by atoms with Gasteiger partial charge in [-0.15, -0.1) is 0 Å². The summed E-state index contributed by atoms with van der Waals surface area (Å²) in [6, 6.07) is 16.7. The quantitative estimate of drug-likeness (QED) is 0.764. The van der Waals surface area contributed by atoms with E-state index in [2.05, 4.69) is 0 Å². The molecule has 1 fully saturated rings. The lowest BCUT2D eigenvalue weighted by Crippen LogP contribution is -2.32. The van der Waals surface area contributed by atoms with Gasteiger partial charge >= 0.3 is 5.97 Å². The van der Waals surface area contributed by atoms with Crippen LogP contribution >= 0.6 is 0 Å². The lowest BCUT2D eigenvalue weighted by molar-refractivity contribution is -0.137. The second-order valence-corrected chi connectivity index (χ2v) is 6.98. The molecule has 0 spiro atoms. The van der Waals surface area contributed by atoms with E-state index in [0.717, 1.165) is 24.1 Å². The molecule has 0 atom stereocenters. The summed E-state index contributed by atoms with van der Waals surface area (Å²) in [5.74, 6) is -1.00. The first-order valence-corrected chi connectivity index (χ1v) is 9.44. The van der Waals surface area contributed by atoms with Crippen molar-refractivity contribution in [2.45, 2.75) is 32.4 Å². The van der Waals surface area contributed by atoms with Gasteiger partial charge in [-0.1, -0.05) is 42.5 Å². The van der Waals surface area contributed by atoms with E-state index in [1.165, 1.54) is 0 Å². The van der Waals surface area contributed by atoms with Gasteiger partial charge in [0.05, 0.1) is 6.42 Å². The Kier molecular flexibility index (Phi) is 6.42. The van der Waals surface area contributed by atoms with Crippen LogP contribution < -0.4 is 0 Å². The monoisotopic (exact) mass is 380 g/mol. The fourth-order valence-corrected chi connectivity index (χ4v) is 3.36. The zero-order valence-electron chi connectivity index (χ0n) is 15.7. The third-order valence-electron chi connectivity index (χ3n) is 4.82. The highest BCUT2D eigenvalue weighted by molar-refractivity contribution is 5.94. The third kappa shape index (κ3) is 5.19. The van der Waals surface area contributed by atoms with Gasteiger partial charge in [0.25, 0.3) is 5.91 Å². The predicted octanol–water partition coefficient (Wildman–Crippen LogP) is 2.93. The molecule has 6 heteroatoms. The predicted molar refractivity (Wildman–Crippen MR) is 105 cm³/mol. The van der Waals surface area contributed by atoms with E-state index >= 15 is 0 Å².